The van der Waals surface area contributed by atoms with E-state index in [-0.39, 0.29) is 11.8 Å². The number of nitrogens with zero attached hydrogens (tertiary/aromatic N) is 3. The molecule has 2 aliphatic rings. The number of hydrogen-bond donors (Lipinski definition) is 0. The van der Waals surface area contributed by atoms with Gasteiger partial charge in [0.05, 0.1) is 0 Å². The van der Waals surface area contributed by atoms with Crippen molar-refractivity contribution in [3.8, 4) is 5.75 Å². The molecular weight excluding hydrogens is 378 g/mol. The molecule has 6 nitrogen and oxygen atoms in total. The van der Waals surface area contributed by atoms with Crippen LogP contribution in [0.25, 0.3) is 0 Å². The van der Waals surface area contributed by atoms with E-state index in [0.29, 0.717) is 25.3 Å². The number of anilines is 1. The maximum absolute atomic E-state index is 12.9. The van der Waals surface area contributed by atoms with E-state index >= 15 is 0 Å². The Bertz CT molecular complexity index is 878. The van der Waals surface area contributed by atoms with Gasteiger partial charge in [0.2, 0.25) is 5.91 Å². The number of hydrogen-bond acceptors (Lipinski definition) is 4. The van der Waals surface area contributed by atoms with Crippen LogP contribution in [0.1, 0.15) is 25.3 Å². The first-order valence-corrected chi connectivity index (χ1v) is 10.7. The molecule has 0 spiro atoms. The summed E-state index contributed by atoms with van der Waals surface area (Å²) < 4.78 is 5.94. The molecule has 0 bridgehead atoms. The molecule has 0 saturated carbocycles. The Morgan fingerprint density at radius 3 is 2.47 bits per heavy atom. The average molecular weight is 408 g/mol. The van der Waals surface area contributed by atoms with Gasteiger partial charge in [0, 0.05) is 57.4 Å². The Labute approximate surface area is 178 Å². The molecule has 0 radical (unpaired) electrons. The summed E-state index contributed by atoms with van der Waals surface area (Å²) in [7, 11) is 0. The Balaban J connectivity index is 1.30. The van der Waals surface area contributed by atoms with Crippen LogP contribution in [-0.2, 0) is 16.1 Å². The van der Waals surface area contributed by atoms with Crippen LogP contribution in [0.15, 0.2) is 54.6 Å². The second kappa shape index (κ2) is 9.30. The van der Waals surface area contributed by atoms with Gasteiger partial charge in [0.1, 0.15) is 5.75 Å². The molecule has 30 heavy (non-hydrogen) atoms. The summed E-state index contributed by atoms with van der Waals surface area (Å²) >= 11 is 0. The van der Waals surface area contributed by atoms with Crippen LogP contribution in [0.2, 0.25) is 0 Å². The fourth-order valence-corrected chi connectivity index (χ4v) is 4.13. The Kier molecular flexibility index (Phi) is 6.33. The Morgan fingerprint density at radius 1 is 1.00 bits per heavy atom. The van der Waals surface area contributed by atoms with Gasteiger partial charge in [-0.15, -0.1) is 0 Å². The van der Waals surface area contributed by atoms with Gasteiger partial charge in [-0.3, -0.25) is 14.5 Å². The van der Waals surface area contributed by atoms with Crippen LogP contribution >= 0.6 is 0 Å². The molecule has 158 valence electrons. The molecule has 2 aromatic carbocycles. The molecule has 2 heterocycles. The van der Waals surface area contributed by atoms with Crippen molar-refractivity contribution in [3.63, 3.8) is 0 Å². The third-order valence-corrected chi connectivity index (χ3v) is 5.80. The second-order valence-electron chi connectivity index (χ2n) is 7.99. The molecule has 0 aliphatic carbocycles. The van der Waals surface area contributed by atoms with Crippen molar-refractivity contribution in [1.29, 1.82) is 0 Å². The van der Waals surface area contributed by atoms with Crippen LogP contribution in [-0.4, -0.2) is 60.4 Å². The predicted molar refractivity (Wildman–Crippen MR) is 116 cm³/mol. The molecule has 0 N–H and O–H groups in total. The van der Waals surface area contributed by atoms with Gasteiger partial charge in [0.15, 0.2) is 6.10 Å². The van der Waals surface area contributed by atoms with E-state index in [9.17, 15) is 9.59 Å². The lowest BCUT2D eigenvalue weighted by Gasteiger charge is -2.36. The second-order valence-corrected chi connectivity index (χ2v) is 7.99. The highest BCUT2D eigenvalue weighted by molar-refractivity contribution is 5.95. The summed E-state index contributed by atoms with van der Waals surface area (Å²) in [6, 6.07) is 17.9. The van der Waals surface area contributed by atoms with E-state index in [2.05, 4.69) is 29.2 Å². The number of piperazine rings is 1. The van der Waals surface area contributed by atoms with Crippen molar-refractivity contribution < 1.29 is 14.3 Å². The third kappa shape index (κ3) is 4.82. The van der Waals surface area contributed by atoms with Crippen LogP contribution in [0.5, 0.6) is 5.75 Å². The maximum atomic E-state index is 12.9. The summed E-state index contributed by atoms with van der Waals surface area (Å²) in [5.74, 6) is 0.775. The molecule has 2 aliphatic heterocycles. The molecule has 2 fully saturated rings. The zero-order valence-electron chi connectivity index (χ0n) is 17.5. The monoisotopic (exact) mass is 407 g/mol. The average Bonchev–Trinajstić information content (AvgIpc) is 3.20. The number of ether oxygens (including phenoxy) is 1. The van der Waals surface area contributed by atoms with E-state index in [1.807, 2.05) is 35.2 Å². The molecule has 2 amide bonds. The largest absolute Gasteiger partial charge is 0.481 e. The molecule has 1 unspecified atom stereocenters. The summed E-state index contributed by atoms with van der Waals surface area (Å²) in [6.45, 7) is 6.59. The summed E-state index contributed by atoms with van der Waals surface area (Å²) in [4.78, 5) is 30.9. The van der Waals surface area contributed by atoms with Gasteiger partial charge in [0.25, 0.3) is 5.91 Å². The van der Waals surface area contributed by atoms with Crippen LogP contribution < -0.4 is 9.64 Å². The van der Waals surface area contributed by atoms with Gasteiger partial charge in [-0.2, -0.15) is 0 Å². The van der Waals surface area contributed by atoms with Crippen LogP contribution in [0.4, 0.5) is 5.69 Å². The first-order valence-electron chi connectivity index (χ1n) is 10.7. The smallest absolute Gasteiger partial charge is 0.263 e. The van der Waals surface area contributed by atoms with Crippen molar-refractivity contribution in [2.75, 3.05) is 37.6 Å². The van der Waals surface area contributed by atoms with E-state index in [4.69, 9.17) is 4.74 Å². The number of amides is 2. The highest BCUT2D eigenvalue weighted by Crippen LogP contribution is 2.26. The normalized spacial score (nSPS) is 18.5. The fourth-order valence-electron chi connectivity index (χ4n) is 4.13. The quantitative estimate of drug-likeness (QED) is 0.739. The lowest BCUT2D eigenvalue weighted by Crippen LogP contribution is -2.51. The van der Waals surface area contributed by atoms with Gasteiger partial charge in [-0.25, -0.2) is 0 Å². The van der Waals surface area contributed by atoms with E-state index in [1.54, 1.807) is 11.8 Å². The van der Waals surface area contributed by atoms with Crippen molar-refractivity contribution >= 4 is 17.5 Å². The fraction of sp³-hybridized carbons (Fsp3) is 0.417. The van der Waals surface area contributed by atoms with Gasteiger partial charge >= 0.3 is 0 Å². The topological polar surface area (TPSA) is 53.1 Å². The molecule has 0 aromatic heterocycles. The summed E-state index contributed by atoms with van der Waals surface area (Å²) in [6.07, 6.45) is 0.917. The third-order valence-electron chi connectivity index (χ3n) is 5.80. The zero-order valence-corrected chi connectivity index (χ0v) is 17.5. The molecule has 6 heteroatoms. The van der Waals surface area contributed by atoms with Gasteiger partial charge in [-0.05, 0) is 31.0 Å². The zero-order chi connectivity index (χ0) is 20.9. The molecule has 4 rings (SSSR count). The van der Waals surface area contributed by atoms with E-state index < -0.39 is 6.10 Å². The highest BCUT2D eigenvalue weighted by atomic mass is 16.5. The van der Waals surface area contributed by atoms with Crippen LogP contribution in [0, 0.1) is 0 Å². The first-order chi connectivity index (χ1) is 14.6. The number of carbonyl (C=O) groups is 2. The van der Waals surface area contributed by atoms with Crippen molar-refractivity contribution in [1.82, 2.24) is 9.80 Å². The maximum Gasteiger partial charge on any atom is 0.263 e. The van der Waals surface area contributed by atoms with Crippen LogP contribution in [0.3, 0.4) is 0 Å². The van der Waals surface area contributed by atoms with Crippen molar-refractivity contribution in [2.24, 2.45) is 0 Å². The predicted octanol–water partition coefficient (Wildman–Crippen LogP) is 2.93. The van der Waals surface area contributed by atoms with E-state index in [1.165, 1.54) is 5.56 Å². The minimum Gasteiger partial charge on any atom is -0.481 e. The minimum atomic E-state index is -0.560. The molecule has 2 aromatic rings. The lowest BCUT2D eigenvalue weighted by atomic mass is 10.2. The number of carbonyl (C=O) groups excluding carboxylic acids is 2. The first kappa shape index (κ1) is 20.4. The summed E-state index contributed by atoms with van der Waals surface area (Å²) in [5.41, 5.74) is 2.13. The highest BCUT2D eigenvalue weighted by Gasteiger charge is 2.27. The van der Waals surface area contributed by atoms with Crippen molar-refractivity contribution in [2.45, 2.75) is 32.4 Å². The number of benzene rings is 2. The summed E-state index contributed by atoms with van der Waals surface area (Å²) in [5, 5.41) is 0. The van der Waals surface area contributed by atoms with Crippen molar-refractivity contribution in [3.05, 3.63) is 60.2 Å². The molecular formula is C24H29N3O3. The standard InChI is InChI=1S/C24H29N3O3/c1-19(30-22-10-5-9-21(17-22)27-12-6-11-23(27)28)24(29)26-15-13-25(14-16-26)18-20-7-3-2-4-8-20/h2-5,7-10,17,19H,6,11-16,18H2,1H3. The lowest BCUT2D eigenvalue weighted by molar-refractivity contribution is -0.139. The van der Waals surface area contributed by atoms with E-state index in [0.717, 1.165) is 38.3 Å². The number of rotatable bonds is 6. The molecule has 2 saturated heterocycles. The Hall–Kier alpha value is -2.86. The molecule has 1 atom stereocenters. The van der Waals surface area contributed by atoms with Gasteiger partial charge in [-0.1, -0.05) is 36.4 Å². The van der Waals surface area contributed by atoms with Gasteiger partial charge < -0.3 is 14.5 Å². The Morgan fingerprint density at radius 2 is 1.77 bits per heavy atom. The SMILES string of the molecule is CC(Oc1cccc(N2CCCC2=O)c1)C(=O)N1CCN(Cc2ccccc2)CC1. The minimum absolute atomic E-state index is 0.0111.